The largest absolute Gasteiger partial charge is 0.325 e. The lowest BCUT2D eigenvalue weighted by Crippen LogP contribution is -2.15. The predicted molar refractivity (Wildman–Crippen MR) is 118 cm³/mol. The Bertz CT molecular complexity index is 1150. The van der Waals surface area contributed by atoms with Gasteiger partial charge in [-0.15, -0.1) is 11.8 Å². The number of halogens is 1. The van der Waals surface area contributed by atoms with E-state index in [0.29, 0.717) is 16.9 Å². The van der Waals surface area contributed by atoms with Crippen molar-refractivity contribution < 1.29 is 18.9 Å². The molecule has 0 heterocycles. The van der Waals surface area contributed by atoms with E-state index in [1.54, 1.807) is 43.3 Å². The fraction of sp³-hybridized carbons (Fsp3) is 0.0909. The Balaban J connectivity index is 1.61. The van der Waals surface area contributed by atoms with Crippen molar-refractivity contribution in [2.45, 2.75) is 11.8 Å². The Morgan fingerprint density at radius 1 is 1.03 bits per heavy atom. The molecule has 0 atom stereocenters. The van der Waals surface area contributed by atoms with Crippen molar-refractivity contribution >= 4 is 40.6 Å². The average molecular weight is 439 g/mol. The zero-order chi connectivity index (χ0) is 22.4. The number of aryl methyl sites for hydroxylation is 1. The van der Waals surface area contributed by atoms with Gasteiger partial charge in [-0.1, -0.05) is 24.3 Å². The molecule has 0 spiro atoms. The first-order chi connectivity index (χ1) is 14.8. The lowest BCUT2D eigenvalue weighted by Gasteiger charge is -2.09. The first-order valence-electron chi connectivity index (χ1n) is 9.17. The van der Waals surface area contributed by atoms with Crippen molar-refractivity contribution in [2.24, 2.45) is 0 Å². The number of nitro groups is 1. The van der Waals surface area contributed by atoms with Crippen LogP contribution in [0.15, 0.2) is 71.6 Å². The van der Waals surface area contributed by atoms with Crippen LogP contribution < -0.4 is 10.6 Å². The maximum atomic E-state index is 13.8. The maximum absolute atomic E-state index is 13.8. The molecule has 0 radical (unpaired) electrons. The summed E-state index contributed by atoms with van der Waals surface area (Å²) in [5, 5.41) is 16.2. The number of benzene rings is 3. The molecule has 3 aromatic carbocycles. The Morgan fingerprint density at radius 3 is 2.55 bits per heavy atom. The van der Waals surface area contributed by atoms with Gasteiger partial charge in [0.25, 0.3) is 11.6 Å². The molecule has 3 rings (SSSR count). The Labute approximate surface area is 181 Å². The van der Waals surface area contributed by atoms with E-state index in [1.807, 2.05) is 0 Å². The molecule has 9 heteroatoms. The third-order valence-electron chi connectivity index (χ3n) is 4.29. The van der Waals surface area contributed by atoms with Gasteiger partial charge in [-0.3, -0.25) is 19.7 Å². The van der Waals surface area contributed by atoms with Crippen LogP contribution >= 0.6 is 11.8 Å². The monoisotopic (exact) mass is 439 g/mol. The Hall–Kier alpha value is -3.72. The van der Waals surface area contributed by atoms with Gasteiger partial charge in [0.05, 0.1) is 21.9 Å². The van der Waals surface area contributed by atoms with Gasteiger partial charge in [-0.05, 0) is 42.8 Å². The molecule has 0 saturated heterocycles. The molecule has 0 aliphatic rings. The van der Waals surface area contributed by atoms with Crippen LogP contribution in [0.3, 0.4) is 0 Å². The number of carbonyl (C=O) groups excluding carboxylic acids is 2. The molecule has 158 valence electrons. The minimum Gasteiger partial charge on any atom is -0.325 e. The van der Waals surface area contributed by atoms with Crippen LogP contribution in [0.5, 0.6) is 0 Å². The second-order valence-corrected chi connectivity index (χ2v) is 7.60. The summed E-state index contributed by atoms with van der Waals surface area (Å²) < 4.78 is 13.8. The quantitative estimate of drug-likeness (QED) is 0.306. The number of amides is 2. The Morgan fingerprint density at radius 2 is 1.81 bits per heavy atom. The van der Waals surface area contributed by atoms with E-state index in [1.165, 1.54) is 42.1 Å². The summed E-state index contributed by atoms with van der Waals surface area (Å²) in [6.45, 7) is 1.74. The minimum absolute atomic E-state index is 0.0623. The molecule has 31 heavy (non-hydrogen) atoms. The molecule has 2 N–H and O–H groups in total. The second kappa shape index (κ2) is 9.86. The molecular weight excluding hydrogens is 421 g/mol. The lowest BCUT2D eigenvalue weighted by molar-refractivity contribution is -0.384. The van der Waals surface area contributed by atoms with Crippen molar-refractivity contribution in [3.63, 3.8) is 0 Å². The van der Waals surface area contributed by atoms with Gasteiger partial charge < -0.3 is 10.6 Å². The molecular formula is C22H18FN3O4S. The van der Waals surface area contributed by atoms with Crippen LogP contribution in [0.1, 0.15) is 15.9 Å². The van der Waals surface area contributed by atoms with Gasteiger partial charge in [-0.25, -0.2) is 4.39 Å². The van der Waals surface area contributed by atoms with Crippen LogP contribution in [0, 0.1) is 22.9 Å². The van der Waals surface area contributed by atoms with Crippen LogP contribution in [0.4, 0.5) is 21.5 Å². The number of thioether (sulfide) groups is 1. The van der Waals surface area contributed by atoms with E-state index in [2.05, 4.69) is 10.6 Å². The van der Waals surface area contributed by atoms with E-state index in [9.17, 15) is 24.1 Å². The highest BCUT2D eigenvalue weighted by atomic mass is 32.2. The SMILES string of the molecule is Cc1ccc([N+](=O)[O-])cc1NC(=O)CSc1cccc(NC(=O)c2ccccc2F)c1. The molecule has 0 aliphatic heterocycles. The fourth-order valence-corrected chi connectivity index (χ4v) is 3.46. The fourth-order valence-electron chi connectivity index (χ4n) is 2.70. The molecule has 2 amide bonds. The molecule has 0 saturated carbocycles. The van der Waals surface area contributed by atoms with Crippen LogP contribution in [-0.2, 0) is 4.79 Å². The number of rotatable bonds is 7. The molecule has 0 bridgehead atoms. The first kappa shape index (κ1) is 22.0. The van der Waals surface area contributed by atoms with Crippen molar-refractivity contribution in [2.75, 3.05) is 16.4 Å². The van der Waals surface area contributed by atoms with Crippen LogP contribution in [0.2, 0.25) is 0 Å². The summed E-state index contributed by atoms with van der Waals surface area (Å²) in [6, 6.07) is 16.8. The molecule has 0 aliphatic carbocycles. The van der Waals surface area contributed by atoms with Gasteiger partial charge in [0.15, 0.2) is 0 Å². The number of anilines is 2. The topological polar surface area (TPSA) is 101 Å². The summed E-state index contributed by atoms with van der Waals surface area (Å²) in [5.74, 6) is -1.44. The van der Waals surface area contributed by atoms with E-state index in [4.69, 9.17) is 0 Å². The van der Waals surface area contributed by atoms with Gasteiger partial charge in [0.2, 0.25) is 5.91 Å². The summed E-state index contributed by atoms with van der Waals surface area (Å²) in [6.07, 6.45) is 0. The zero-order valence-corrected chi connectivity index (χ0v) is 17.2. The molecule has 7 nitrogen and oxygen atoms in total. The number of nitrogens with one attached hydrogen (secondary N) is 2. The third kappa shape index (κ3) is 5.89. The number of non-ortho nitro benzene ring substituents is 1. The highest BCUT2D eigenvalue weighted by Crippen LogP contribution is 2.25. The highest BCUT2D eigenvalue weighted by Gasteiger charge is 2.13. The van der Waals surface area contributed by atoms with Gasteiger partial charge in [0, 0.05) is 22.7 Å². The predicted octanol–water partition coefficient (Wildman–Crippen LogP) is 5.03. The number of nitrogens with zero attached hydrogens (tertiary/aromatic N) is 1. The first-order valence-corrected chi connectivity index (χ1v) is 10.2. The summed E-state index contributed by atoms with van der Waals surface area (Å²) in [7, 11) is 0. The van der Waals surface area contributed by atoms with Crippen molar-refractivity contribution in [3.05, 3.63) is 93.8 Å². The summed E-state index contributed by atoms with van der Waals surface area (Å²) >= 11 is 1.23. The highest BCUT2D eigenvalue weighted by molar-refractivity contribution is 8.00. The second-order valence-electron chi connectivity index (χ2n) is 6.55. The number of nitro benzene ring substituents is 1. The van der Waals surface area contributed by atoms with Crippen molar-refractivity contribution in [1.29, 1.82) is 0 Å². The minimum atomic E-state index is -0.612. The van der Waals surface area contributed by atoms with Gasteiger partial charge in [0.1, 0.15) is 5.82 Å². The van der Waals surface area contributed by atoms with Crippen LogP contribution in [0.25, 0.3) is 0 Å². The summed E-state index contributed by atoms with van der Waals surface area (Å²) in [4.78, 5) is 35.7. The van der Waals surface area contributed by atoms with E-state index in [-0.39, 0.29) is 22.9 Å². The zero-order valence-electron chi connectivity index (χ0n) is 16.4. The molecule has 0 unspecified atom stereocenters. The number of carbonyl (C=O) groups is 2. The van der Waals surface area contributed by atoms with Gasteiger partial charge in [-0.2, -0.15) is 0 Å². The smallest absolute Gasteiger partial charge is 0.271 e. The molecule has 0 aromatic heterocycles. The van der Waals surface area contributed by atoms with Crippen molar-refractivity contribution in [3.8, 4) is 0 Å². The summed E-state index contributed by atoms with van der Waals surface area (Å²) in [5.41, 5.74) is 1.39. The van der Waals surface area contributed by atoms with E-state index >= 15 is 0 Å². The molecule has 3 aromatic rings. The number of hydrogen-bond donors (Lipinski definition) is 2. The maximum Gasteiger partial charge on any atom is 0.271 e. The average Bonchev–Trinajstić information content (AvgIpc) is 2.74. The lowest BCUT2D eigenvalue weighted by atomic mass is 10.2. The van der Waals surface area contributed by atoms with E-state index in [0.717, 1.165) is 4.90 Å². The number of hydrogen-bond acceptors (Lipinski definition) is 5. The third-order valence-corrected chi connectivity index (χ3v) is 5.28. The molecule has 0 fully saturated rings. The standard InChI is InChI=1S/C22H18FN3O4S/c1-14-9-10-16(26(29)30)12-20(14)25-21(27)13-31-17-6-4-5-15(11-17)24-22(28)18-7-2-3-8-19(18)23/h2-12H,13H2,1H3,(H,24,28)(H,25,27). The Kier molecular flexibility index (Phi) is 6.99. The van der Waals surface area contributed by atoms with E-state index < -0.39 is 16.6 Å². The van der Waals surface area contributed by atoms with Crippen LogP contribution in [-0.4, -0.2) is 22.5 Å². The van der Waals surface area contributed by atoms with Gasteiger partial charge >= 0.3 is 0 Å². The van der Waals surface area contributed by atoms with Crippen molar-refractivity contribution in [1.82, 2.24) is 0 Å². The normalized spacial score (nSPS) is 10.4.